The van der Waals surface area contributed by atoms with Crippen LogP contribution >= 0.6 is 11.6 Å². The number of nitrogens with zero attached hydrogens (tertiary/aromatic N) is 1. The Morgan fingerprint density at radius 3 is 3.00 bits per heavy atom. The van der Waals surface area contributed by atoms with Gasteiger partial charge in [-0.3, -0.25) is 0 Å². The second kappa shape index (κ2) is 5.71. The van der Waals surface area contributed by atoms with Crippen molar-refractivity contribution in [3.8, 4) is 0 Å². The van der Waals surface area contributed by atoms with Gasteiger partial charge in [0.25, 0.3) is 0 Å². The molecule has 1 aliphatic heterocycles. The lowest BCUT2D eigenvalue weighted by Gasteiger charge is -2.25. The molecule has 2 N–H and O–H groups in total. The highest BCUT2D eigenvalue weighted by Gasteiger charge is 2.19. The molecule has 0 spiro atoms. The third-order valence-corrected chi connectivity index (χ3v) is 3.57. The van der Waals surface area contributed by atoms with Crippen LogP contribution in [0.5, 0.6) is 0 Å². The van der Waals surface area contributed by atoms with Crippen LogP contribution in [0.15, 0.2) is 18.2 Å². The number of hydrogen-bond donors (Lipinski definition) is 1. The molecule has 0 aromatic heterocycles. The van der Waals surface area contributed by atoms with E-state index in [1.807, 2.05) is 12.1 Å². The molecule has 1 fully saturated rings. The zero-order valence-electron chi connectivity index (χ0n) is 10.2. The molecule has 1 aromatic carbocycles. The minimum absolute atomic E-state index is 0.338. The second-order valence-corrected chi connectivity index (χ2v) is 4.86. The monoisotopic (exact) mass is 254 g/mol. The largest absolute Gasteiger partial charge is 0.376 e. The Kier molecular flexibility index (Phi) is 4.26. The van der Waals surface area contributed by atoms with E-state index in [4.69, 9.17) is 22.1 Å². The molecule has 1 atom stereocenters. The molecular weight excluding hydrogens is 236 g/mol. The molecule has 94 valence electrons. The van der Waals surface area contributed by atoms with Crippen LogP contribution in [0, 0.1) is 0 Å². The first-order chi connectivity index (χ1) is 8.22. The fourth-order valence-corrected chi connectivity index (χ4v) is 2.55. The number of hydrogen-bond acceptors (Lipinski definition) is 3. The highest BCUT2D eigenvalue weighted by molar-refractivity contribution is 6.31. The zero-order valence-corrected chi connectivity index (χ0v) is 10.9. The summed E-state index contributed by atoms with van der Waals surface area (Å²) in [5.74, 6) is 0. The predicted octanol–water partition coefficient (Wildman–Crippen LogP) is 2.41. The number of benzene rings is 1. The van der Waals surface area contributed by atoms with Gasteiger partial charge in [0, 0.05) is 43.0 Å². The van der Waals surface area contributed by atoms with E-state index in [2.05, 4.69) is 18.0 Å². The SMILES string of the molecule is CN(CC1CCCO1)c1cccc(Cl)c1CN. The van der Waals surface area contributed by atoms with Crippen LogP contribution in [0.2, 0.25) is 5.02 Å². The Morgan fingerprint density at radius 2 is 2.35 bits per heavy atom. The lowest BCUT2D eigenvalue weighted by Crippen LogP contribution is -2.29. The van der Waals surface area contributed by atoms with E-state index in [0.717, 1.165) is 42.3 Å². The van der Waals surface area contributed by atoms with E-state index in [1.165, 1.54) is 0 Å². The van der Waals surface area contributed by atoms with Crippen LogP contribution < -0.4 is 10.6 Å². The number of nitrogens with two attached hydrogens (primary N) is 1. The lowest BCUT2D eigenvalue weighted by molar-refractivity contribution is 0.116. The van der Waals surface area contributed by atoms with Gasteiger partial charge in [-0.25, -0.2) is 0 Å². The molecule has 2 rings (SSSR count). The van der Waals surface area contributed by atoms with Gasteiger partial charge >= 0.3 is 0 Å². The van der Waals surface area contributed by atoms with Crippen molar-refractivity contribution in [1.29, 1.82) is 0 Å². The van der Waals surface area contributed by atoms with E-state index in [1.54, 1.807) is 0 Å². The quantitative estimate of drug-likeness (QED) is 0.897. The number of likely N-dealkylation sites (N-methyl/N-ethyl adjacent to an activating group) is 1. The number of anilines is 1. The molecule has 0 saturated carbocycles. The summed E-state index contributed by atoms with van der Waals surface area (Å²) < 4.78 is 5.64. The van der Waals surface area contributed by atoms with Crippen molar-refractivity contribution < 1.29 is 4.74 Å². The first kappa shape index (κ1) is 12.7. The topological polar surface area (TPSA) is 38.5 Å². The van der Waals surface area contributed by atoms with Crippen LogP contribution in [0.1, 0.15) is 18.4 Å². The Bertz CT molecular complexity index is 378. The Labute approximate surface area is 107 Å². The summed E-state index contributed by atoms with van der Waals surface area (Å²) in [4.78, 5) is 2.18. The highest BCUT2D eigenvalue weighted by Crippen LogP contribution is 2.27. The summed E-state index contributed by atoms with van der Waals surface area (Å²) in [6.45, 7) is 2.25. The molecule has 1 aromatic rings. The van der Waals surface area contributed by atoms with Gasteiger partial charge in [0.1, 0.15) is 0 Å². The minimum Gasteiger partial charge on any atom is -0.376 e. The van der Waals surface area contributed by atoms with Crippen molar-refractivity contribution >= 4 is 17.3 Å². The van der Waals surface area contributed by atoms with Crippen molar-refractivity contribution in [1.82, 2.24) is 0 Å². The van der Waals surface area contributed by atoms with Crippen LogP contribution in [0.4, 0.5) is 5.69 Å². The van der Waals surface area contributed by atoms with E-state index in [0.29, 0.717) is 12.6 Å². The zero-order chi connectivity index (χ0) is 12.3. The molecule has 0 aliphatic carbocycles. The first-order valence-corrected chi connectivity index (χ1v) is 6.40. The molecule has 17 heavy (non-hydrogen) atoms. The third kappa shape index (κ3) is 2.92. The van der Waals surface area contributed by atoms with Gasteiger partial charge in [0.2, 0.25) is 0 Å². The molecular formula is C13H19ClN2O. The smallest absolute Gasteiger partial charge is 0.0750 e. The number of halogens is 1. The lowest BCUT2D eigenvalue weighted by atomic mass is 10.1. The Balaban J connectivity index is 2.12. The van der Waals surface area contributed by atoms with Gasteiger partial charge < -0.3 is 15.4 Å². The molecule has 1 unspecified atom stereocenters. The van der Waals surface area contributed by atoms with Gasteiger partial charge in [-0.15, -0.1) is 0 Å². The molecule has 1 heterocycles. The summed E-state index contributed by atoms with van der Waals surface area (Å²) in [5.41, 5.74) is 7.87. The van der Waals surface area contributed by atoms with Crippen molar-refractivity contribution in [3.05, 3.63) is 28.8 Å². The first-order valence-electron chi connectivity index (χ1n) is 6.02. The van der Waals surface area contributed by atoms with E-state index in [9.17, 15) is 0 Å². The van der Waals surface area contributed by atoms with E-state index >= 15 is 0 Å². The van der Waals surface area contributed by atoms with E-state index < -0.39 is 0 Å². The van der Waals surface area contributed by atoms with Crippen LogP contribution in [0.25, 0.3) is 0 Å². The van der Waals surface area contributed by atoms with Gasteiger partial charge in [-0.05, 0) is 25.0 Å². The standard InChI is InChI=1S/C13H19ClN2O/c1-16(9-10-4-3-7-17-10)13-6-2-5-12(14)11(13)8-15/h2,5-6,10H,3-4,7-9,15H2,1H3. The summed E-state index contributed by atoms with van der Waals surface area (Å²) in [6.07, 6.45) is 2.64. The second-order valence-electron chi connectivity index (χ2n) is 4.46. The maximum atomic E-state index is 6.15. The normalized spacial score (nSPS) is 19.6. The average Bonchev–Trinajstić information content (AvgIpc) is 2.81. The van der Waals surface area contributed by atoms with Crippen molar-refractivity contribution in [2.75, 3.05) is 25.1 Å². The maximum absolute atomic E-state index is 6.15. The van der Waals surface area contributed by atoms with E-state index in [-0.39, 0.29) is 0 Å². The third-order valence-electron chi connectivity index (χ3n) is 3.21. The molecule has 1 saturated heterocycles. The van der Waals surface area contributed by atoms with Crippen molar-refractivity contribution in [3.63, 3.8) is 0 Å². The van der Waals surface area contributed by atoms with Crippen molar-refractivity contribution in [2.45, 2.75) is 25.5 Å². The van der Waals surface area contributed by atoms with Gasteiger partial charge in [-0.1, -0.05) is 17.7 Å². The predicted molar refractivity (Wildman–Crippen MR) is 71.6 cm³/mol. The Morgan fingerprint density at radius 1 is 1.53 bits per heavy atom. The van der Waals surface area contributed by atoms with Crippen LogP contribution in [0.3, 0.4) is 0 Å². The maximum Gasteiger partial charge on any atom is 0.0750 e. The number of ether oxygens (including phenoxy) is 1. The molecule has 0 radical (unpaired) electrons. The van der Waals surface area contributed by atoms with Crippen molar-refractivity contribution in [2.24, 2.45) is 5.73 Å². The molecule has 3 nitrogen and oxygen atoms in total. The minimum atomic E-state index is 0.338. The summed E-state index contributed by atoms with van der Waals surface area (Å²) in [5, 5.41) is 0.740. The molecule has 1 aliphatic rings. The highest BCUT2D eigenvalue weighted by atomic mass is 35.5. The van der Waals surface area contributed by atoms with Crippen LogP contribution in [-0.4, -0.2) is 26.3 Å². The molecule has 0 amide bonds. The summed E-state index contributed by atoms with van der Waals surface area (Å²) in [6, 6.07) is 5.90. The fraction of sp³-hybridized carbons (Fsp3) is 0.538. The van der Waals surface area contributed by atoms with Gasteiger partial charge in [0.15, 0.2) is 0 Å². The van der Waals surface area contributed by atoms with Crippen LogP contribution in [-0.2, 0) is 11.3 Å². The molecule has 0 bridgehead atoms. The summed E-state index contributed by atoms with van der Waals surface area (Å²) >= 11 is 6.15. The fourth-order valence-electron chi connectivity index (χ4n) is 2.30. The number of rotatable bonds is 4. The van der Waals surface area contributed by atoms with Gasteiger partial charge in [0.05, 0.1) is 6.10 Å². The molecule has 4 heteroatoms. The average molecular weight is 255 g/mol. The summed E-state index contributed by atoms with van der Waals surface area (Å²) in [7, 11) is 2.06. The Hall–Kier alpha value is -0.770. The van der Waals surface area contributed by atoms with Gasteiger partial charge in [-0.2, -0.15) is 0 Å².